The second-order valence-electron chi connectivity index (χ2n) is 11.1. The van der Waals surface area contributed by atoms with Gasteiger partial charge in [-0.2, -0.15) is 11.2 Å². The Balaban J connectivity index is 0.00000325. The van der Waals surface area contributed by atoms with E-state index in [-0.39, 0.29) is 21.1 Å². The first-order valence-electron chi connectivity index (χ1n) is 14.5. The molecule has 0 N–H and O–H groups in total. The van der Waals surface area contributed by atoms with Gasteiger partial charge in [-0.05, 0) is 55.1 Å². The number of imidazole rings is 1. The molecule has 0 saturated carbocycles. The summed E-state index contributed by atoms with van der Waals surface area (Å²) < 4.78 is 10.3. The van der Waals surface area contributed by atoms with Crippen LogP contribution in [0.3, 0.4) is 0 Å². The molecule has 0 radical (unpaired) electrons. The standard InChI is InChI=1S/C38H27N5O.Pt/c1-24-19-25(2)36(26(3)20-24)35-23-40-38-33-22-30(14-15-31(33)32-13-8-17-39-37(32)43(35)38)44-29-12-7-11-28(21-29)42-18-16-34(41-42)27-9-5-4-6-10-27;/h4-20,23H,1-3H3;/q-2;+2. The molecule has 220 valence electrons. The van der Waals surface area contributed by atoms with Crippen molar-refractivity contribution in [3.63, 3.8) is 0 Å². The maximum Gasteiger partial charge on any atom is 2.00 e. The second-order valence-corrected chi connectivity index (χ2v) is 11.1. The number of aromatic nitrogens is 5. The molecule has 0 fully saturated rings. The fourth-order valence-electron chi connectivity index (χ4n) is 6.19. The van der Waals surface area contributed by atoms with Crippen molar-refractivity contribution in [1.29, 1.82) is 0 Å². The molecule has 0 saturated heterocycles. The van der Waals surface area contributed by atoms with Crippen LogP contribution in [0.4, 0.5) is 0 Å². The molecule has 0 aliphatic carbocycles. The number of aryl methyl sites for hydroxylation is 3. The van der Waals surface area contributed by atoms with Crippen LogP contribution in [-0.4, -0.2) is 24.1 Å². The molecule has 0 atom stereocenters. The third-order valence-electron chi connectivity index (χ3n) is 8.00. The molecule has 0 unspecified atom stereocenters. The van der Waals surface area contributed by atoms with Crippen LogP contribution >= 0.6 is 0 Å². The van der Waals surface area contributed by atoms with Gasteiger partial charge in [-0.3, -0.25) is 9.67 Å². The van der Waals surface area contributed by atoms with E-state index in [1.807, 2.05) is 90.0 Å². The SMILES string of the molecule is Cc1cc(C)c(-c2cnc3c4[c-]c(Oc5[c-]c(-n6ccc(-c7ccccc7)n6)ccc5)ccc4c4cccnc4n23)c(C)c1.[Pt+2]. The average molecular weight is 765 g/mol. The van der Waals surface area contributed by atoms with Crippen LogP contribution in [0.15, 0.2) is 110 Å². The third kappa shape index (κ3) is 5.01. The smallest absolute Gasteiger partial charge is 0.503 e. The van der Waals surface area contributed by atoms with Crippen molar-refractivity contribution < 1.29 is 25.8 Å². The van der Waals surface area contributed by atoms with Gasteiger partial charge in [-0.25, -0.2) is 4.98 Å². The van der Waals surface area contributed by atoms with Crippen LogP contribution in [0.25, 0.3) is 55.7 Å². The minimum absolute atomic E-state index is 0. The number of hydrogen-bond donors (Lipinski definition) is 0. The van der Waals surface area contributed by atoms with Crippen molar-refractivity contribution in [3.8, 4) is 39.7 Å². The number of benzene rings is 4. The molecule has 6 nitrogen and oxygen atoms in total. The predicted molar refractivity (Wildman–Crippen MR) is 174 cm³/mol. The molecule has 0 amide bonds. The number of hydrogen-bond acceptors (Lipinski definition) is 4. The molecule has 4 aromatic heterocycles. The van der Waals surface area contributed by atoms with Gasteiger partial charge in [0.2, 0.25) is 0 Å². The van der Waals surface area contributed by atoms with E-state index < -0.39 is 0 Å². The van der Waals surface area contributed by atoms with Crippen molar-refractivity contribution in [2.24, 2.45) is 0 Å². The molecular weight excluding hydrogens is 738 g/mol. The van der Waals surface area contributed by atoms with E-state index in [9.17, 15) is 0 Å². The first-order chi connectivity index (χ1) is 21.5. The number of ether oxygens (including phenoxy) is 1. The Bertz CT molecular complexity index is 2330. The average Bonchev–Trinajstić information content (AvgIpc) is 3.70. The van der Waals surface area contributed by atoms with Crippen LogP contribution in [0.1, 0.15) is 16.7 Å². The van der Waals surface area contributed by atoms with Crippen molar-refractivity contribution >= 4 is 27.5 Å². The van der Waals surface area contributed by atoms with Gasteiger partial charge >= 0.3 is 21.1 Å². The fourth-order valence-corrected chi connectivity index (χ4v) is 6.19. The maximum absolute atomic E-state index is 6.34. The van der Waals surface area contributed by atoms with Gasteiger partial charge in [0.25, 0.3) is 0 Å². The zero-order valence-corrected chi connectivity index (χ0v) is 27.1. The van der Waals surface area contributed by atoms with Crippen molar-refractivity contribution in [2.45, 2.75) is 20.8 Å². The van der Waals surface area contributed by atoms with Gasteiger partial charge in [0.15, 0.2) is 0 Å². The first kappa shape index (κ1) is 28.7. The largest absolute Gasteiger partial charge is 2.00 e. The molecule has 0 spiro atoms. The van der Waals surface area contributed by atoms with Crippen molar-refractivity contribution in [1.82, 2.24) is 24.1 Å². The summed E-state index contributed by atoms with van der Waals surface area (Å²) in [7, 11) is 0. The predicted octanol–water partition coefficient (Wildman–Crippen LogP) is 8.87. The molecular formula is C38H27N5OPt. The normalized spacial score (nSPS) is 11.3. The number of fused-ring (bicyclic) bond motifs is 6. The van der Waals surface area contributed by atoms with Crippen molar-refractivity contribution in [3.05, 3.63) is 138 Å². The molecule has 4 heterocycles. The number of nitrogens with zero attached hydrogens (tertiary/aromatic N) is 5. The Morgan fingerprint density at radius 3 is 2.33 bits per heavy atom. The van der Waals surface area contributed by atoms with Gasteiger partial charge in [0, 0.05) is 41.2 Å². The van der Waals surface area contributed by atoms with Gasteiger partial charge in [0.05, 0.1) is 17.0 Å². The molecule has 45 heavy (non-hydrogen) atoms. The van der Waals surface area contributed by atoms with Gasteiger partial charge in [-0.1, -0.05) is 70.9 Å². The minimum atomic E-state index is 0. The molecule has 4 aromatic carbocycles. The maximum atomic E-state index is 6.34. The number of pyridine rings is 2. The van der Waals surface area contributed by atoms with Crippen LogP contribution in [-0.2, 0) is 21.1 Å². The Kier molecular flexibility index (Phi) is 7.31. The van der Waals surface area contributed by atoms with E-state index in [1.54, 1.807) is 0 Å². The van der Waals surface area contributed by atoms with Crippen LogP contribution in [0.2, 0.25) is 0 Å². The van der Waals surface area contributed by atoms with E-state index in [0.29, 0.717) is 11.5 Å². The van der Waals surface area contributed by atoms with E-state index in [4.69, 9.17) is 19.8 Å². The van der Waals surface area contributed by atoms with Gasteiger partial charge in [0.1, 0.15) is 5.65 Å². The Morgan fingerprint density at radius 1 is 0.711 bits per heavy atom. The van der Waals surface area contributed by atoms with Gasteiger partial charge < -0.3 is 9.14 Å². The Morgan fingerprint density at radius 2 is 1.51 bits per heavy atom. The zero-order valence-electron chi connectivity index (χ0n) is 24.9. The summed E-state index contributed by atoms with van der Waals surface area (Å²) in [6.45, 7) is 6.43. The summed E-state index contributed by atoms with van der Waals surface area (Å²) in [5, 5.41) is 7.67. The Hall–Kier alpha value is -5.06. The summed E-state index contributed by atoms with van der Waals surface area (Å²) in [5.41, 5.74) is 10.2. The summed E-state index contributed by atoms with van der Waals surface area (Å²) in [5.74, 6) is 1.15. The molecule has 8 rings (SSSR count). The fraction of sp³-hybridized carbons (Fsp3) is 0.0789. The van der Waals surface area contributed by atoms with E-state index in [0.717, 1.165) is 50.1 Å². The van der Waals surface area contributed by atoms with E-state index >= 15 is 0 Å². The van der Waals surface area contributed by atoms with Crippen LogP contribution < -0.4 is 4.74 Å². The first-order valence-corrected chi connectivity index (χ1v) is 14.5. The van der Waals surface area contributed by atoms with Gasteiger partial charge in [-0.15, -0.1) is 30.3 Å². The Labute approximate surface area is 275 Å². The molecule has 8 aromatic rings. The quantitative estimate of drug-likeness (QED) is 0.130. The monoisotopic (exact) mass is 764 g/mol. The molecule has 0 bridgehead atoms. The third-order valence-corrected chi connectivity index (χ3v) is 8.00. The summed E-state index contributed by atoms with van der Waals surface area (Å²) in [4.78, 5) is 9.73. The molecule has 0 aliphatic rings. The molecule has 0 aliphatic heterocycles. The van der Waals surface area contributed by atoms with Crippen molar-refractivity contribution in [2.75, 3.05) is 0 Å². The van der Waals surface area contributed by atoms with E-state index in [1.165, 1.54) is 22.3 Å². The second kappa shape index (κ2) is 11.5. The summed E-state index contributed by atoms with van der Waals surface area (Å²) >= 11 is 0. The zero-order chi connectivity index (χ0) is 29.8. The summed E-state index contributed by atoms with van der Waals surface area (Å²) in [6.07, 6.45) is 5.71. The number of rotatable bonds is 5. The van der Waals surface area contributed by atoms with E-state index in [2.05, 4.69) is 61.6 Å². The molecule has 7 heteroatoms. The van der Waals surface area contributed by atoms with Crippen LogP contribution in [0, 0.1) is 32.9 Å². The topological polar surface area (TPSA) is 57.2 Å². The van der Waals surface area contributed by atoms with Crippen LogP contribution in [0.5, 0.6) is 11.5 Å². The minimum Gasteiger partial charge on any atom is -0.503 e. The summed E-state index contributed by atoms with van der Waals surface area (Å²) in [6, 6.07) is 37.3.